The summed E-state index contributed by atoms with van der Waals surface area (Å²) in [5.41, 5.74) is 0.759. The lowest BCUT2D eigenvalue weighted by atomic mass is 10.3. The van der Waals surface area contributed by atoms with Gasteiger partial charge in [-0.25, -0.2) is 0 Å². The molecule has 0 bridgehead atoms. The van der Waals surface area contributed by atoms with E-state index in [1.807, 2.05) is 30.3 Å². The third-order valence-electron chi connectivity index (χ3n) is 2.41. The van der Waals surface area contributed by atoms with Gasteiger partial charge in [-0.3, -0.25) is 9.00 Å². The SMILES string of the molecule is CC1=C(C(=O)Nc2ccccc2)SCCS1=O. The fraction of sp³-hybridized carbons (Fsp3) is 0.250. The maximum atomic E-state index is 12.0. The summed E-state index contributed by atoms with van der Waals surface area (Å²) in [6.45, 7) is 1.77. The van der Waals surface area contributed by atoms with E-state index < -0.39 is 10.8 Å². The fourth-order valence-electron chi connectivity index (χ4n) is 1.51. The van der Waals surface area contributed by atoms with Crippen LogP contribution >= 0.6 is 11.8 Å². The molecule has 0 saturated carbocycles. The van der Waals surface area contributed by atoms with Crippen LogP contribution in [0.25, 0.3) is 0 Å². The molecule has 0 spiro atoms. The highest BCUT2D eigenvalue weighted by Gasteiger charge is 2.21. The molecule has 1 atom stereocenters. The van der Waals surface area contributed by atoms with E-state index in [-0.39, 0.29) is 5.91 Å². The number of thioether (sulfide) groups is 1. The van der Waals surface area contributed by atoms with Crippen molar-refractivity contribution in [3.05, 3.63) is 40.1 Å². The molecule has 1 amide bonds. The number of amides is 1. The molecule has 90 valence electrons. The van der Waals surface area contributed by atoms with Gasteiger partial charge in [-0.2, -0.15) is 0 Å². The highest BCUT2D eigenvalue weighted by Crippen LogP contribution is 2.28. The van der Waals surface area contributed by atoms with Gasteiger partial charge in [-0.15, -0.1) is 11.8 Å². The molecule has 0 radical (unpaired) electrons. The predicted octanol–water partition coefficient (Wildman–Crippen LogP) is 2.35. The Morgan fingerprint density at radius 3 is 2.76 bits per heavy atom. The quantitative estimate of drug-likeness (QED) is 0.894. The summed E-state index contributed by atoms with van der Waals surface area (Å²) in [7, 11) is -0.996. The van der Waals surface area contributed by atoms with Crippen LogP contribution in [0.5, 0.6) is 0 Å². The number of para-hydroxylation sites is 1. The van der Waals surface area contributed by atoms with Crippen LogP contribution in [0.1, 0.15) is 6.92 Å². The molecule has 1 N–H and O–H groups in total. The topological polar surface area (TPSA) is 46.2 Å². The van der Waals surface area contributed by atoms with Crippen LogP contribution < -0.4 is 5.32 Å². The second-order valence-corrected chi connectivity index (χ2v) is 6.42. The summed E-state index contributed by atoms with van der Waals surface area (Å²) in [5, 5.41) is 2.81. The van der Waals surface area contributed by atoms with Gasteiger partial charge in [0.25, 0.3) is 5.91 Å². The predicted molar refractivity (Wildman–Crippen MR) is 73.2 cm³/mol. The first-order valence-electron chi connectivity index (χ1n) is 5.27. The van der Waals surface area contributed by atoms with Crippen molar-refractivity contribution in [3.8, 4) is 0 Å². The van der Waals surface area contributed by atoms with Crippen molar-refractivity contribution in [1.29, 1.82) is 0 Å². The standard InChI is InChI=1S/C12H13NO2S2/c1-9-11(16-7-8-17(9)15)12(14)13-10-5-3-2-4-6-10/h2-6H,7-8H2,1H3,(H,13,14). The van der Waals surface area contributed by atoms with Gasteiger partial charge in [-0.05, 0) is 19.1 Å². The van der Waals surface area contributed by atoms with Crippen LogP contribution in [0.2, 0.25) is 0 Å². The number of rotatable bonds is 2. The lowest BCUT2D eigenvalue weighted by Crippen LogP contribution is -2.19. The first-order valence-corrected chi connectivity index (χ1v) is 7.57. The molecule has 1 aromatic carbocycles. The Morgan fingerprint density at radius 2 is 2.06 bits per heavy atom. The highest BCUT2D eigenvalue weighted by molar-refractivity contribution is 8.06. The number of carbonyl (C=O) groups excluding carboxylic acids is 1. The van der Waals surface area contributed by atoms with Crippen LogP contribution in [-0.4, -0.2) is 21.6 Å². The van der Waals surface area contributed by atoms with Crippen molar-refractivity contribution in [3.63, 3.8) is 0 Å². The largest absolute Gasteiger partial charge is 0.322 e. The van der Waals surface area contributed by atoms with E-state index in [1.165, 1.54) is 11.8 Å². The maximum Gasteiger partial charge on any atom is 0.262 e. The summed E-state index contributed by atoms with van der Waals surface area (Å²) in [5.74, 6) is 1.21. The van der Waals surface area contributed by atoms with Crippen LogP contribution in [-0.2, 0) is 15.6 Å². The molecular weight excluding hydrogens is 254 g/mol. The van der Waals surface area contributed by atoms with E-state index in [2.05, 4.69) is 5.32 Å². The third-order valence-corrected chi connectivity index (χ3v) is 5.45. The minimum atomic E-state index is -0.996. The first-order chi connectivity index (χ1) is 8.18. The number of benzene rings is 1. The molecule has 17 heavy (non-hydrogen) atoms. The van der Waals surface area contributed by atoms with E-state index in [0.717, 1.165) is 11.4 Å². The zero-order valence-electron chi connectivity index (χ0n) is 9.43. The molecule has 0 saturated heterocycles. The zero-order valence-corrected chi connectivity index (χ0v) is 11.1. The first kappa shape index (κ1) is 12.4. The van der Waals surface area contributed by atoms with Crippen LogP contribution in [0.4, 0.5) is 5.69 Å². The molecule has 1 aliphatic heterocycles. The van der Waals surface area contributed by atoms with Crippen molar-refractivity contribution >= 4 is 34.2 Å². The molecule has 1 aliphatic rings. The van der Waals surface area contributed by atoms with Crippen molar-refractivity contribution in [2.45, 2.75) is 6.92 Å². The van der Waals surface area contributed by atoms with Gasteiger partial charge < -0.3 is 5.32 Å². The van der Waals surface area contributed by atoms with Crippen molar-refractivity contribution < 1.29 is 9.00 Å². The van der Waals surface area contributed by atoms with Gasteiger partial charge in [0.15, 0.2) is 0 Å². The van der Waals surface area contributed by atoms with Crippen LogP contribution in [0.3, 0.4) is 0 Å². The minimum Gasteiger partial charge on any atom is -0.322 e. The smallest absolute Gasteiger partial charge is 0.262 e. The minimum absolute atomic E-state index is 0.160. The van der Waals surface area contributed by atoms with Gasteiger partial charge in [0.05, 0.1) is 15.7 Å². The molecule has 0 fully saturated rings. The lowest BCUT2D eigenvalue weighted by Gasteiger charge is -2.16. The molecule has 2 rings (SSSR count). The molecule has 1 heterocycles. The van der Waals surface area contributed by atoms with E-state index in [4.69, 9.17) is 0 Å². The van der Waals surface area contributed by atoms with Crippen molar-refractivity contribution in [2.24, 2.45) is 0 Å². The van der Waals surface area contributed by atoms with Gasteiger partial charge in [0, 0.05) is 22.1 Å². The Morgan fingerprint density at radius 1 is 1.35 bits per heavy atom. The van der Waals surface area contributed by atoms with Gasteiger partial charge >= 0.3 is 0 Å². The average Bonchev–Trinajstić information content (AvgIpc) is 2.34. The van der Waals surface area contributed by atoms with Gasteiger partial charge in [-0.1, -0.05) is 18.2 Å². The number of nitrogens with one attached hydrogen (secondary N) is 1. The summed E-state index contributed by atoms with van der Waals surface area (Å²) in [4.78, 5) is 13.3. The Bertz CT molecular complexity index is 483. The lowest BCUT2D eigenvalue weighted by molar-refractivity contribution is -0.112. The molecule has 3 nitrogen and oxygen atoms in total. The number of allylic oxidation sites excluding steroid dienone is 1. The van der Waals surface area contributed by atoms with Crippen molar-refractivity contribution in [1.82, 2.24) is 0 Å². The monoisotopic (exact) mass is 267 g/mol. The second kappa shape index (κ2) is 5.51. The summed E-state index contributed by atoms with van der Waals surface area (Å²) < 4.78 is 11.6. The Kier molecular flexibility index (Phi) is 4.02. The summed E-state index contributed by atoms with van der Waals surface area (Å²) >= 11 is 1.48. The zero-order chi connectivity index (χ0) is 12.3. The summed E-state index contributed by atoms with van der Waals surface area (Å²) in [6, 6.07) is 9.28. The summed E-state index contributed by atoms with van der Waals surface area (Å²) in [6.07, 6.45) is 0. The molecule has 0 aromatic heterocycles. The molecule has 1 aromatic rings. The fourth-order valence-corrected chi connectivity index (χ4v) is 4.10. The van der Waals surface area contributed by atoms with Gasteiger partial charge in [0.1, 0.15) is 0 Å². The van der Waals surface area contributed by atoms with E-state index >= 15 is 0 Å². The number of anilines is 1. The number of carbonyl (C=O) groups is 1. The van der Waals surface area contributed by atoms with Crippen LogP contribution in [0, 0.1) is 0 Å². The average molecular weight is 267 g/mol. The maximum absolute atomic E-state index is 12.0. The van der Waals surface area contributed by atoms with E-state index in [9.17, 15) is 9.00 Å². The second-order valence-electron chi connectivity index (χ2n) is 3.60. The molecule has 1 unspecified atom stereocenters. The Balaban J connectivity index is 2.16. The highest BCUT2D eigenvalue weighted by atomic mass is 32.2. The Hall–Kier alpha value is -1.07. The van der Waals surface area contributed by atoms with Crippen LogP contribution in [0.15, 0.2) is 40.1 Å². The number of hydrogen-bond acceptors (Lipinski definition) is 3. The van der Waals surface area contributed by atoms with Gasteiger partial charge in [0.2, 0.25) is 0 Å². The third kappa shape index (κ3) is 2.98. The molecule has 0 aliphatic carbocycles. The molecular formula is C12H13NO2S2. The molecule has 5 heteroatoms. The van der Waals surface area contributed by atoms with E-state index in [0.29, 0.717) is 15.6 Å². The number of hydrogen-bond donors (Lipinski definition) is 1. The van der Waals surface area contributed by atoms with E-state index in [1.54, 1.807) is 6.92 Å². The normalized spacial score (nSPS) is 20.2. The van der Waals surface area contributed by atoms with Crippen molar-refractivity contribution in [2.75, 3.05) is 16.8 Å². The Labute approximate surface area is 107 Å².